The monoisotopic (exact) mass is 428 g/mol. The van der Waals surface area contributed by atoms with Gasteiger partial charge in [0.15, 0.2) is 11.6 Å². The van der Waals surface area contributed by atoms with Crippen LogP contribution in [-0.4, -0.2) is 33.4 Å². The van der Waals surface area contributed by atoms with E-state index in [1.54, 1.807) is 31.3 Å². The maximum atomic E-state index is 13.8. The molecule has 0 saturated heterocycles. The molecule has 0 aliphatic carbocycles. The number of hydrogen-bond acceptors (Lipinski definition) is 4. The number of hydrogen-bond donors (Lipinski definition) is 1. The van der Waals surface area contributed by atoms with Crippen LogP contribution in [0.25, 0.3) is 0 Å². The molecule has 0 unspecified atom stereocenters. The molecule has 6 nitrogen and oxygen atoms in total. The van der Waals surface area contributed by atoms with Crippen LogP contribution in [0.4, 0.5) is 10.1 Å². The fourth-order valence-corrected chi connectivity index (χ4v) is 3.95. The van der Waals surface area contributed by atoms with Crippen molar-refractivity contribution in [3.05, 3.63) is 89.7 Å². The van der Waals surface area contributed by atoms with Crippen molar-refractivity contribution in [2.45, 2.75) is 11.4 Å². The van der Waals surface area contributed by atoms with E-state index < -0.39 is 15.8 Å². The van der Waals surface area contributed by atoms with Gasteiger partial charge in [-0.3, -0.25) is 9.52 Å². The number of carbonyl (C=O) groups excluding carboxylic acids is 1. The molecule has 0 spiro atoms. The van der Waals surface area contributed by atoms with Gasteiger partial charge in [-0.1, -0.05) is 24.3 Å². The topological polar surface area (TPSA) is 75.7 Å². The first kappa shape index (κ1) is 21.3. The Hall–Kier alpha value is -3.39. The van der Waals surface area contributed by atoms with Crippen molar-refractivity contribution in [1.29, 1.82) is 0 Å². The zero-order valence-corrected chi connectivity index (χ0v) is 17.3. The number of sulfonamides is 1. The molecule has 0 radical (unpaired) electrons. The third-order valence-electron chi connectivity index (χ3n) is 4.42. The van der Waals surface area contributed by atoms with Gasteiger partial charge in [-0.15, -0.1) is 0 Å². The first-order valence-corrected chi connectivity index (χ1v) is 10.5. The zero-order chi connectivity index (χ0) is 21.7. The van der Waals surface area contributed by atoms with Crippen LogP contribution >= 0.6 is 0 Å². The van der Waals surface area contributed by atoms with Crippen molar-refractivity contribution in [3.63, 3.8) is 0 Å². The lowest BCUT2D eigenvalue weighted by Gasteiger charge is -2.18. The summed E-state index contributed by atoms with van der Waals surface area (Å²) in [5.41, 5.74) is 1.35. The number of halogens is 1. The number of amides is 1. The predicted octanol–water partition coefficient (Wildman–Crippen LogP) is 3.91. The highest BCUT2D eigenvalue weighted by Gasteiger charge is 2.16. The number of ether oxygens (including phenoxy) is 1. The molecular weight excluding hydrogens is 407 g/mol. The quantitative estimate of drug-likeness (QED) is 0.619. The molecule has 30 heavy (non-hydrogen) atoms. The first-order valence-electron chi connectivity index (χ1n) is 9.06. The molecule has 1 N–H and O–H groups in total. The van der Waals surface area contributed by atoms with Crippen molar-refractivity contribution >= 4 is 21.6 Å². The van der Waals surface area contributed by atoms with Crippen molar-refractivity contribution in [2.24, 2.45) is 0 Å². The zero-order valence-electron chi connectivity index (χ0n) is 16.5. The van der Waals surface area contributed by atoms with Crippen molar-refractivity contribution in [1.82, 2.24) is 4.90 Å². The van der Waals surface area contributed by atoms with E-state index in [4.69, 9.17) is 4.74 Å². The number of nitrogens with one attached hydrogen (secondary N) is 1. The molecule has 0 aromatic heterocycles. The highest BCUT2D eigenvalue weighted by atomic mass is 32.2. The average Bonchev–Trinajstić information content (AvgIpc) is 2.74. The first-order chi connectivity index (χ1) is 14.3. The summed E-state index contributed by atoms with van der Waals surface area (Å²) in [4.78, 5) is 14.2. The summed E-state index contributed by atoms with van der Waals surface area (Å²) >= 11 is 0. The van der Waals surface area contributed by atoms with Gasteiger partial charge in [-0.25, -0.2) is 12.8 Å². The number of benzene rings is 3. The Labute approximate surface area is 175 Å². The van der Waals surface area contributed by atoms with Gasteiger partial charge in [-0.05, 0) is 54.1 Å². The Kier molecular flexibility index (Phi) is 6.37. The van der Waals surface area contributed by atoms with Gasteiger partial charge in [0.05, 0.1) is 12.0 Å². The van der Waals surface area contributed by atoms with Crippen LogP contribution in [0, 0.1) is 5.82 Å². The molecular formula is C22H21FN2O4S. The summed E-state index contributed by atoms with van der Waals surface area (Å²) in [5, 5.41) is 0. The minimum atomic E-state index is -3.70. The van der Waals surface area contributed by atoms with Crippen molar-refractivity contribution < 1.29 is 22.3 Å². The summed E-state index contributed by atoms with van der Waals surface area (Å²) in [6.07, 6.45) is 0. The van der Waals surface area contributed by atoms with Crippen LogP contribution < -0.4 is 9.46 Å². The predicted molar refractivity (Wildman–Crippen MR) is 112 cm³/mol. The van der Waals surface area contributed by atoms with Crippen LogP contribution in [0.2, 0.25) is 0 Å². The van der Waals surface area contributed by atoms with Gasteiger partial charge in [0, 0.05) is 24.8 Å². The molecule has 1 amide bonds. The summed E-state index contributed by atoms with van der Waals surface area (Å²) in [6.45, 7) is 0.210. The lowest BCUT2D eigenvalue weighted by atomic mass is 10.1. The molecule has 0 aliphatic rings. The summed E-state index contributed by atoms with van der Waals surface area (Å²) < 4.78 is 46.0. The summed E-state index contributed by atoms with van der Waals surface area (Å²) in [5.74, 6) is -0.629. The Morgan fingerprint density at radius 3 is 2.30 bits per heavy atom. The van der Waals surface area contributed by atoms with Gasteiger partial charge >= 0.3 is 0 Å². The Balaban J connectivity index is 1.68. The molecule has 3 aromatic rings. The largest absolute Gasteiger partial charge is 0.494 e. The standard InChI is InChI=1S/C22H21FN2O4S/c1-25(15-16-8-13-21(29-2)20(23)14-16)22(26)17-9-11-18(12-10-17)24-30(27,28)19-6-4-3-5-7-19/h3-14,24H,15H2,1-2H3. The fraction of sp³-hybridized carbons (Fsp3) is 0.136. The van der Waals surface area contributed by atoms with Crippen LogP contribution in [0.5, 0.6) is 5.75 Å². The molecule has 0 saturated carbocycles. The van der Waals surface area contributed by atoms with Crippen molar-refractivity contribution in [2.75, 3.05) is 18.9 Å². The molecule has 0 heterocycles. The second-order valence-corrected chi connectivity index (χ2v) is 8.31. The van der Waals surface area contributed by atoms with E-state index in [-0.39, 0.29) is 23.1 Å². The maximum absolute atomic E-state index is 13.8. The molecule has 0 atom stereocenters. The third kappa shape index (κ3) is 4.96. The van der Waals surface area contributed by atoms with E-state index >= 15 is 0 Å². The number of nitrogens with zero attached hydrogens (tertiary/aromatic N) is 1. The van der Waals surface area contributed by atoms with Crippen LogP contribution in [-0.2, 0) is 16.6 Å². The molecule has 0 fully saturated rings. The van der Waals surface area contributed by atoms with E-state index in [0.29, 0.717) is 16.8 Å². The molecule has 3 rings (SSSR count). The molecule has 0 bridgehead atoms. The summed E-state index contributed by atoms with van der Waals surface area (Å²) in [6, 6.07) is 18.6. The Bertz CT molecular complexity index is 1130. The normalized spacial score (nSPS) is 11.0. The fourth-order valence-electron chi connectivity index (χ4n) is 2.87. The van der Waals surface area contributed by atoms with E-state index in [9.17, 15) is 17.6 Å². The number of methoxy groups -OCH3 is 1. The number of carbonyl (C=O) groups is 1. The van der Waals surface area contributed by atoms with Gasteiger partial charge in [0.25, 0.3) is 15.9 Å². The lowest BCUT2D eigenvalue weighted by molar-refractivity contribution is 0.0785. The van der Waals surface area contributed by atoms with E-state index in [1.165, 1.54) is 60.5 Å². The molecule has 156 valence electrons. The van der Waals surface area contributed by atoms with Crippen molar-refractivity contribution in [3.8, 4) is 5.75 Å². The Morgan fingerprint density at radius 2 is 1.70 bits per heavy atom. The number of anilines is 1. The molecule has 0 aliphatic heterocycles. The molecule has 3 aromatic carbocycles. The third-order valence-corrected chi connectivity index (χ3v) is 5.82. The van der Waals surface area contributed by atoms with Gasteiger partial charge in [-0.2, -0.15) is 0 Å². The summed E-state index contributed by atoms with van der Waals surface area (Å²) in [7, 11) is -0.711. The van der Waals surface area contributed by atoms with Crippen LogP contribution in [0.15, 0.2) is 77.7 Å². The average molecular weight is 428 g/mol. The van der Waals surface area contributed by atoms with E-state index in [0.717, 1.165) is 0 Å². The highest BCUT2D eigenvalue weighted by Crippen LogP contribution is 2.20. The lowest BCUT2D eigenvalue weighted by Crippen LogP contribution is -2.26. The Morgan fingerprint density at radius 1 is 1.03 bits per heavy atom. The minimum absolute atomic E-state index is 0.140. The smallest absolute Gasteiger partial charge is 0.261 e. The van der Waals surface area contributed by atoms with E-state index in [2.05, 4.69) is 4.72 Å². The maximum Gasteiger partial charge on any atom is 0.261 e. The molecule has 8 heteroatoms. The highest BCUT2D eigenvalue weighted by molar-refractivity contribution is 7.92. The SMILES string of the molecule is COc1ccc(CN(C)C(=O)c2ccc(NS(=O)(=O)c3ccccc3)cc2)cc1F. The minimum Gasteiger partial charge on any atom is -0.494 e. The van der Waals surface area contributed by atoms with E-state index in [1.807, 2.05) is 0 Å². The second kappa shape index (κ2) is 8.96. The van der Waals surface area contributed by atoms with Crippen LogP contribution in [0.3, 0.4) is 0 Å². The number of rotatable bonds is 7. The van der Waals surface area contributed by atoms with Gasteiger partial charge in [0.1, 0.15) is 0 Å². The van der Waals surface area contributed by atoms with Crippen LogP contribution in [0.1, 0.15) is 15.9 Å². The second-order valence-electron chi connectivity index (χ2n) is 6.63. The van der Waals surface area contributed by atoms with Gasteiger partial charge < -0.3 is 9.64 Å². The van der Waals surface area contributed by atoms with Gasteiger partial charge in [0.2, 0.25) is 0 Å².